The number of carboxylic acid groups (broad SMARTS) is 1. The van der Waals surface area contributed by atoms with Crippen molar-refractivity contribution in [3.63, 3.8) is 0 Å². The van der Waals surface area contributed by atoms with E-state index in [4.69, 9.17) is 9.84 Å². The quantitative estimate of drug-likeness (QED) is 0.281. The second-order valence-electron chi connectivity index (χ2n) is 8.05. The summed E-state index contributed by atoms with van der Waals surface area (Å²) in [7, 11) is 1.71. The number of carboxylic acids is 1. The van der Waals surface area contributed by atoms with Gasteiger partial charge in [-0.05, 0) is 30.7 Å². The van der Waals surface area contributed by atoms with E-state index in [-0.39, 0.29) is 6.42 Å². The Balaban J connectivity index is 1.33. The molecule has 1 atom stereocenters. The Labute approximate surface area is 214 Å². The van der Waals surface area contributed by atoms with Crippen LogP contribution >= 0.6 is 22.7 Å². The number of nitrogens with zero attached hydrogens (tertiary/aromatic N) is 4. The normalized spacial score (nSPS) is 11.9. The highest BCUT2D eigenvalue weighted by atomic mass is 32.1. The third-order valence-electron chi connectivity index (χ3n) is 5.48. The zero-order valence-corrected chi connectivity index (χ0v) is 21.0. The first-order valence-electron chi connectivity index (χ1n) is 11.0. The average molecular weight is 520 g/mol. The molecule has 0 fully saturated rings. The minimum absolute atomic E-state index is 0.101. The summed E-state index contributed by atoms with van der Waals surface area (Å²) in [6, 6.07) is 17.2. The minimum atomic E-state index is -0.906. The lowest BCUT2D eigenvalue weighted by Gasteiger charge is -2.14. The van der Waals surface area contributed by atoms with Crippen molar-refractivity contribution < 1.29 is 19.4 Å². The van der Waals surface area contributed by atoms with E-state index < -0.39 is 18.2 Å². The maximum absolute atomic E-state index is 12.6. The fourth-order valence-electron chi connectivity index (χ4n) is 3.67. The van der Waals surface area contributed by atoms with E-state index in [0.29, 0.717) is 17.2 Å². The molecule has 0 aliphatic rings. The van der Waals surface area contributed by atoms with Crippen molar-refractivity contribution in [1.29, 1.82) is 0 Å². The number of fused-ring (bicyclic) bond motifs is 1. The minimum Gasteiger partial charge on any atom is -0.481 e. The molecule has 9 nitrogen and oxygen atoms in total. The molecule has 4 heterocycles. The van der Waals surface area contributed by atoms with Crippen LogP contribution in [-0.4, -0.2) is 37.1 Å². The van der Waals surface area contributed by atoms with Crippen molar-refractivity contribution in [3.8, 4) is 21.0 Å². The van der Waals surface area contributed by atoms with Crippen LogP contribution in [0.5, 0.6) is 0 Å². The van der Waals surface area contributed by atoms with Crippen LogP contribution in [0.3, 0.4) is 0 Å². The van der Waals surface area contributed by atoms with Crippen molar-refractivity contribution in [3.05, 3.63) is 72.1 Å². The number of aryl methyl sites for hydroxylation is 1. The molecule has 0 spiro atoms. The van der Waals surface area contributed by atoms with Gasteiger partial charge in [0.2, 0.25) is 0 Å². The molecule has 0 bridgehead atoms. The highest BCUT2D eigenvalue weighted by Gasteiger charge is 2.21. The van der Waals surface area contributed by atoms with Crippen LogP contribution in [0.2, 0.25) is 0 Å². The third-order valence-corrected chi connectivity index (χ3v) is 7.83. The predicted octanol–water partition coefficient (Wildman–Crippen LogP) is 5.76. The standard InChI is InChI=1S/C25H21N5O4S2/c1-14(15-6-4-3-5-7-15)34-25(33)27-24-23(28-29-30(24)2)21-12-20-19(36-21)11-18(35-20)16-8-9-17(26-13-16)10-22(31)32/h3-9,11-14H,10H2,1-2H3,(H,27,33)(H,31,32). The number of pyridine rings is 1. The largest absolute Gasteiger partial charge is 0.481 e. The number of carbonyl (C=O) groups excluding carboxylic acids is 1. The molecule has 1 aromatic carbocycles. The molecule has 0 aliphatic heterocycles. The molecule has 2 N–H and O–H groups in total. The van der Waals surface area contributed by atoms with Gasteiger partial charge in [0.05, 0.1) is 17.0 Å². The summed E-state index contributed by atoms with van der Waals surface area (Å²) in [5.41, 5.74) is 2.91. The van der Waals surface area contributed by atoms with Crippen LogP contribution in [0.4, 0.5) is 10.6 Å². The Kier molecular flexibility index (Phi) is 6.49. The molecule has 11 heteroatoms. The number of nitrogens with one attached hydrogen (secondary N) is 1. The average Bonchev–Trinajstić information content (AvgIpc) is 3.53. The van der Waals surface area contributed by atoms with E-state index in [2.05, 4.69) is 26.7 Å². The van der Waals surface area contributed by atoms with Gasteiger partial charge in [0.25, 0.3) is 0 Å². The van der Waals surface area contributed by atoms with Crippen molar-refractivity contribution in [2.24, 2.45) is 7.05 Å². The maximum Gasteiger partial charge on any atom is 0.413 e. The lowest BCUT2D eigenvalue weighted by molar-refractivity contribution is -0.136. The van der Waals surface area contributed by atoms with E-state index in [9.17, 15) is 9.59 Å². The monoisotopic (exact) mass is 519 g/mol. The fraction of sp³-hybridized carbons (Fsp3) is 0.160. The van der Waals surface area contributed by atoms with Gasteiger partial charge in [-0.25, -0.2) is 9.48 Å². The number of carbonyl (C=O) groups is 2. The number of anilines is 1. The smallest absolute Gasteiger partial charge is 0.413 e. The molecule has 36 heavy (non-hydrogen) atoms. The summed E-state index contributed by atoms with van der Waals surface area (Å²) in [5.74, 6) is -0.455. The van der Waals surface area contributed by atoms with Gasteiger partial charge in [-0.3, -0.25) is 15.1 Å². The van der Waals surface area contributed by atoms with Crippen molar-refractivity contribution in [2.45, 2.75) is 19.4 Å². The molecule has 0 radical (unpaired) electrons. The Morgan fingerprint density at radius 1 is 1.08 bits per heavy atom. The summed E-state index contributed by atoms with van der Waals surface area (Å²) < 4.78 is 9.18. The highest BCUT2D eigenvalue weighted by molar-refractivity contribution is 7.31. The molecular weight excluding hydrogens is 498 g/mol. The van der Waals surface area contributed by atoms with Crippen molar-refractivity contribution in [2.75, 3.05) is 5.32 Å². The van der Waals surface area contributed by atoms with Crippen LogP contribution in [0.25, 0.3) is 30.4 Å². The number of thiophene rings is 2. The van der Waals surface area contributed by atoms with Crippen molar-refractivity contribution >= 4 is 50.0 Å². The number of rotatable bonds is 7. The Hall–Kier alpha value is -4.09. The predicted molar refractivity (Wildman–Crippen MR) is 139 cm³/mol. The zero-order chi connectivity index (χ0) is 25.2. The number of aromatic nitrogens is 4. The Bertz CT molecular complexity index is 1510. The molecule has 0 saturated heterocycles. The Morgan fingerprint density at radius 3 is 2.50 bits per heavy atom. The summed E-state index contributed by atoms with van der Waals surface area (Å²) >= 11 is 3.15. The van der Waals surface area contributed by atoms with Crippen LogP contribution in [0, 0.1) is 0 Å². The van der Waals surface area contributed by atoms with Gasteiger partial charge in [0, 0.05) is 33.1 Å². The van der Waals surface area contributed by atoms with Gasteiger partial charge >= 0.3 is 12.1 Å². The van der Waals surface area contributed by atoms with Gasteiger partial charge in [-0.2, -0.15) is 0 Å². The van der Waals surface area contributed by atoms with Crippen LogP contribution in [0.15, 0.2) is 60.8 Å². The Morgan fingerprint density at radius 2 is 1.81 bits per heavy atom. The lowest BCUT2D eigenvalue weighted by Crippen LogP contribution is -2.18. The molecule has 5 aromatic rings. The number of hydrogen-bond donors (Lipinski definition) is 2. The van der Waals surface area contributed by atoms with Gasteiger partial charge in [-0.1, -0.05) is 41.6 Å². The van der Waals surface area contributed by atoms with Gasteiger partial charge in [-0.15, -0.1) is 27.8 Å². The zero-order valence-electron chi connectivity index (χ0n) is 19.3. The first-order chi connectivity index (χ1) is 17.4. The van der Waals surface area contributed by atoms with E-state index in [1.165, 1.54) is 4.68 Å². The second-order valence-corrected chi connectivity index (χ2v) is 10.2. The molecule has 0 aliphatic carbocycles. The first kappa shape index (κ1) is 23.6. The van der Waals surface area contributed by atoms with Gasteiger partial charge < -0.3 is 9.84 Å². The van der Waals surface area contributed by atoms with Crippen LogP contribution in [-0.2, 0) is 23.0 Å². The molecule has 1 unspecified atom stereocenters. The number of hydrogen-bond acceptors (Lipinski definition) is 8. The van der Waals surface area contributed by atoms with Gasteiger partial charge in [0.15, 0.2) is 5.82 Å². The first-order valence-corrected chi connectivity index (χ1v) is 12.6. The number of amides is 1. The number of ether oxygens (including phenoxy) is 1. The molecular formula is C25H21N5O4S2. The second kappa shape index (κ2) is 9.88. The summed E-state index contributed by atoms with van der Waals surface area (Å²) in [6.45, 7) is 1.82. The number of aliphatic carboxylic acids is 1. The molecule has 0 saturated carbocycles. The van der Waals surface area contributed by atoms with Crippen LogP contribution in [0.1, 0.15) is 24.3 Å². The van der Waals surface area contributed by atoms with E-state index >= 15 is 0 Å². The maximum atomic E-state index is 12.6. The summed E-state index contributed by atoms with van der Waals surface area (Å²) in [4.78, 5) is 29.6. The van der Waals surface area contributed by atoms with Crippen molar-refractivity contribution in [1.82, 2.24) is 20.0 Å². The lowest BCUT2D eigenvalue weighted by atomic mass is 10.1. The fourth-order valence-corrected chi connectivity index (χ4v) is 6.04. The van der Waals surface area contributed by atoms with E-state index in [1.54, 1.807) is 42.0 Å². The van der Waals surface area contributed by atoms with Crippen LogP contribution < -0.4 is 5.32 Å². The summed E-state index contributed by atoms with van der Waals surface area (Å²) in [6.07, 6.45) is 0.601. The van der Waals surface area contributed by atoms with Gasteiger partial charge in [0.1, 0.15) is 11.8 Å². The third kappa shape index (κ3) is 4.97. The summed E-state index contributed by atoms with van der Waals surface area (Å²) in [5, 5.41) is 20.1. The molecule has 1 amide bonds. The molecule has 5 rings (SSSR count). The SMILES string of the molecule is CC(OC(=O)Nc1c(-c2cc3sc(-c4ccc(CC(=O)O)nc4)cc3s2)nnn1C)c1ccccc1. The molecule has 182 valence electrons. The highest BCUT2D eigenvalue weighted by Crippen LogP contribution is 2.42. The van der Waals surface area contributed by atoms with E-state index in [0.717, 1.165) is 30.3 Å². The topological polar surface area (TPSA) is 119 Å². The number of benzene rings is 1. The van der Waals surface area contributed by atoms with E-state index in [1.807, 2.05) is 49.4 Å². The molecule has 4 aromatic heterocycles.